The van der Waals surface area contributed by atoms with Crippen LogP contribution in [0.15, 0.2) is 59.6 Å². The third-order valence-electron chi connectivity index (χ3n) is 3.58. The highest BCUT2D eigenvalue weighted by Crippen LogP contribution is 2.21. The maximum absolute atomic E-state index is 12.1. The minimum Gasteiger partial charge on any atom is -0.325 e. The van der Waals surface area contributed by atoms with Gasteiger partial charge in [-0.1, -0.05) is 53.7 Å². The average molecular weight is 322 g/mol. The first kappa shape index (κ1) is 15.6. The number of nitrogens with one attached hydrogen (secondary N) is 1. The molecule has 0 aliphatic heterocycles. The Morgan fingerprint density at radius 2 is 1.91 bits per heavy atom. The fourth-order valence-corrected chi connectivity index (χ4v) is 3.09. The number of aryl methyl sites for hydroxylation is 2. The molecule has 0 aliphatic rings. The van der Waals surface area contributed by atoms with Crippen LogP contribution in [0.25, 0.3) is 10.9 Å². The van der Waals surface area contributed by atoms with E-state index in [0.717, 1.165) is 27.2 Å². The van der Waals surface area contributed by atoms with Gasteiger partial charge in [0.2, 0.25) is 5.91 Å². The van der Waals surface area contributed by atoms with E-state index in [1.807, 2.05) is 62.4 Å². The number of nitrogens with zero attached hydrogens (tertiary/aromatic N) is 1. The van der Waals surface area contributed by atoms with Crippen LogP contribution in [0.2, 0.25) is 0 Å². The SMILES string of the molecule is Cc1ccc(NC(=O)CSc2ccc3ccccc3n2)c(C)c1. The summed E-state index contributed by atoms with van der Waals surface area (Å²) in [7, 11) is 0. The van der Waals surface area contributed by atoms with Crippen molar-refractivity contribution in [3.63, 3.8) is 0 Å². The van der Waals surface area contributed by atoms with Crippen molar-refractivity contribution >= 4 is 34.3 Å². The lowest BCUT2D eigenvalue weighted by atomic mass is 10.1. The third kappa shape index (κ3) is 3.90. The number of carbonyl (C=O) groups is 1. The first-order valence-electron chi connectivity index (χ1n) is 7.47. The molecular formula is C19H18N2OS. The summed E-state index contributed by atoms with van der Waals surface area (Å²) in [5.74, 6) is 0.329. The summed E-state index contributed by atoms with van der Waals surface area (Å²) < 4.78 is 0. The predicted octanol–water partition coefficient (Wildman–Crippen LogP) is 4.58. The molecule has 0 fully saturated rings. The summed E-state index contributed by atoms with van der Waals surface area (Å²) in [5.41, 5.74) is 4.09. The fourth-order valence-electron chi connectivity index (χ4n) is 2.41. The summed E-state index contributed by atoms with van der Waals surface area (Å²) in [5, 5.41) is 4.93. The van der Waals surface area contributed by atoms with Crippen molar-refractivity contribution in [1.82, 2.24) is 4.98 Å². The minimum atomic E-state index is -0.0167. The highest BCUT2D eigenvalue weighted by atomic mass is 32.2. The molecule has 1 heterocycles. The molecule has 3 rings (SSSR count). The first-order valence-corrected chi connectivity index (χ1v) is 8.46. The number of anilines is 1. The largest absolute Gasteiger partial charge is 0.325 e. The molecule has 0 saturated heterocycles. The van der Waals surface area contributed by atoms with Gasteiger partial charge in [0, 0.05) is 11.1 Å². The van der Waals surface area contributed by atoms with Crippen LogP contribution in [-0.4, -0.2) is 16.6 Å². The molecule has 4 heteroatoms. The number of para-hydroxylation sites is 1. The van der Waals surface area contributed by atoms with Crippen molar-refractivity contribution in [3.05, 3.63) is 65.7 Å². The normalized spacial score (nSPS) is 10.7. The molecule has 0 atom stereocenters. The van der Waals surface area contributed by atoms with E-state index in [1.54, 1.807) is 0 Å². The van der Waals surface area contributed by atoms with Gasteiger partial charge in [-0.05, 0) is 37.6 Å². The second-order valence-corrected chi connectivity index (χ2v) is 6.49. The van der Waals surface area contributed by atoms with Crippen molar-refractivity contribution in [2.24, 2.45) is 0 Å². The van der Waals surface area contributed by atoms with Gasteiger partial charge in [0.1, 0.15) is 0 Å². The third-order valence-corrected chi connectivity index (χ3v) is 4.51. The van der Waals surface area contributed by atoms with Gasteiger partial charge in [-0.2, -0.15) is 0 Å². The van der Waals surface area contributed by atoms with Crippen LogP contribution in [0, 0.1) is 13.8 Å². The topological polar surface area (TPSA) is 42.0 Å². The Hall–Kier alpha value is -2.33. The zero-order valence-electron chi connectivity index (χ0n) is 13.2. The van der Waals surface area contributed by atoms with Crippen LogP contribution in [-0.2, 0) is 4.79 Å². The Bertz CT molecular complexity index is 861. The number of amides is 1. The molecule has 0 bridgehead atoms. The zero-order chi connectivity index (χ0) is 16.2. The standard InChI is InChI=1S/C19H18N2OS/c1-13-7-9-16(14(2)11-13)20-18(22)12-23-19-10-8-15-5-3-4-6-17(15)21-19/h3-11H,12H2,1-2H3,(H,20,22). The molecule has 0 aliphatic carbocycles. The number of thioether (sulfide) groups is 1. The molecule has 1 aromatic heterocycles. The van der Waals surface area contributed by atoms with Crippen LogP contribution in [0.1, 0.15) is 11.1 Å². The molecule has 2 aromatic carbocycles. The van der Waals surface area contributed by atoms with E-state index in [2.05, 4.69) is 16.4 Å². The van der Waals surface area contributed by atoms with Gasteiger partial charge in [0.05, 0.1) is 16.3 Å². The lowest BCUT2D eigenvalue weighted by Crippen LogP contribution is -2.14. The molecule has 3 nitrogen and oxygen atoms in total. The van der Waals surface area contributed by atoms with Gasteiger partial charge >= 0.3 is 0 Å². The second kappa shape index (κ2) is 6.84. The van der Waals surface area contributed by atoms with Crippen molar-refractivity contribution < 1.29 is 4.79 Å². The number of benzene rings is 2. The molecule has 116 valence electrons. The number of carbonyl (C=O) groups excluding carboxylic acids is 1. The number of rotatable bonds is 4. The molecule has 0 spiro atoms. The van der Waals surface area contributed by atoms with Crippen molar-refractivity contribution in [2.75, 3.05) is 11.1 Å². The quantitative estimate of drug-likeness (QED) is 0.715. The average Bonchev–Trinajstić information content (AvgIpc) is 2.55. The maximum Gasteiger partial charge on any atom is 0.234 e. The van der Waals surface area contributed by atoms with Crippen LogP contribution < -0.4 is 5.32 Å². The van der Waals surface area contributed by atoms with Crippen molar-refractivity contribution in [3.8, 4) is 0 Å². The molecule has 1 N–H and O–H groups in total. The zero-order valence-corrected chi connectivity index (χ0v) is 14.0. The second-order valence-electron chi connectivity index (χ2n) is 5.50. The monoisotopic (exact) mass is 322 g/mol. The highest BCUT2D eigenvalue weighted by molar-refractivity contribution is 7.99. The van der Waals surface area contributed by atoms with Crippen molar-refractivity contribution in [1.29, 1.82) is 0 Å². The number of aromatic nitrogens is 1. The van der Waals surface area contributed by atoms with Gasteiger partial charge in [-0.15, -0.1) is 0 Å². The first-order chi connectivity index (χ1) is 11.1. The van der Waals surface area contributed by atoms with Crippen LogP contribution in [0.3, 0.4) is 0 Å². The molecule has 3 aromatic rings. The summed E-state index contributed by atoms with van der Waals surface area (Å²) in [6.07, 6.45) is 0. The Morgan fingerprint density at radius 1 is 1.09 bits per heavy atom. The minimum absolute atomic E-state index is 0.0167. The van der Waals surface area contributed by atoms with E-state index in [1.165, 1.54) is 17.3 Å². The molecule has 1 amide bonds. The van der Waals surface area contributed by atoms with E-state index in [0.29, 0.717) is 5.75 Å². The number of hydrogen-bond donors (Lipinski definition) is 1. The van der Waals surface area contributed by atoms with E-state index < -0.39 is 0 Å². The van der Waals surface area contributed by atoms with Gasteiger partial charge in [0.15, 0.2) is 0 Å². The van der Waals surface area contributed by atoms with E-state index in [4.69, 9.17) is 0 Å². The smallest absolute Gasteiger partial charge is 0.234 e. The predicted molar refractivity (Wildman–Crippen MR) is 97.0 cm³/mol. The Balaban J connectivity index is 1.63. The van der Waals surface area contributed by atoms with E-state index >= 15 is 0 Å². The Kier molecular flexibility index (Phi) is 4.63. The summed E-state index contributed by atoms with van der Waals surface area (Å²) in [4.78, 5) is 16.7. The van der Waals surface area contributed by atoms with E-state index in [9.17, 15) is 4.79 Å². The maximum atomic E-state index is 12.1. The van der Waals surface area contributed by atoms with Gasteiger partial charge in [-0.3, -0.25) is 4.79 Å². The highest BCUT2D eigenvalue weighted by Gasteiger charge is 2.07. The number of pyridine rings is 1. The van der Waals surface area contributed by atoms with E-state index in [-0.39, 0.29) is 5.91 Å². The summed E-state index contributed by atoms with van der Waals surface area (Å²) in [6.45, 7) is 4.04. The Morgan fingerprint density at radius 3 is 2.74 bits per heavy atom. The van der Waals surface area contributed by atoms with Crippen LogP contribution in [0.5, 0.6) is 0 Å². The molecule has 23 heavy (non-hydrogen) atoms. The molecule has 0 radical (unpaired) electrons. The molecular weight excluding hydrogens is 304 g/mol. The Labute approximate surface area is 140 Å². The van der Waals surface area contributed by atoms with Gasteiger partial charge in [-0.25, -0.2) is 4.98 Å². The van der Waals surface area contributed by atoms with Crippen molar-refractivity contribution in [2.45, 2.75) is 18.9 Å². The summed E-state index contributed by atoms with van der Waals surface area (Å²) in [6, 6.07) is 18.0. The lowest BCUT2D eigenvalue weighted by molar-refractivity contribution is -0.113. The molecule has 0 saturated carbocycles. The number of hydrogen-bond acceptors (Lipinski definition) is 3. The molecule has 0 unspecified atom stereocenters. The summed E-state index contributed by atoms with van der Waals surface area (Å²) >= 11 is 1.45. The number of fused-ring (bicyclic) bond motifs is 1. The fraction of sp³-hybridized carbons (Fsp3) is 0.158. The van der Waals surface area contributed by atoms with Crippen LogP contribution in [0.4, 0.5) is 5.69 Å². The van der Waals surface area contributed by atoms with Gasteiger partial charge in [0.25, 0.3) is 0 Å². The lowest BCUT2D eigenvalue weighted by Gasteiger charge is -2.09. The van der Waals surface area contributed by atoms with Crippen LogP contribution >= 0.6 is 11.8 Å². The van der Waals surface area contributed by atoms with Gasteiger partial charge < -0.3 is 5.32 Å².